The van der Waals surface area contributed by atoms with E-state index in [-0.39, 0.29) is 0 Å². The fraction of sp³-hybridized carbons (Fsp3) is 0. The maximum absolute atomic E-state index is 6.06. The average molecular weight is 246 g/mol. The highest BCUT2D eigenvalue weighted by molar-refractivity contribution is 6.35. The monoisotopic (exact) mass is 245 g/mol. The van der Waals surface area contributed by atoms with Crippen LogP contribution in [0, 0.1) is 0 Å². The molecule has 17 heavy (non-hydrogen) atoms. The van der Waals surface area contributed by atoms with Gasteiger partial charge in [0.25, 0.3) is 0 Å². The summed E-state index contributed by atoms with van der Waals surface area (Å²) in [5.41, 5.74) is 7.95. The van der Waals surface area contributed by atoms with Crippen LogP contribution in [0.25, 0.3) is 22.3 Å². The standard InChI is InChI=1S/C11H8ClN5/c12-7-3-11(13)16-9-4-10(14-5-6(7)9)8-1-2-15-17-8/h1-5H,(H2,13,16)(H,15,17). The van der Waals surface area contributed by atoms with E-state index in [4.69, 9.17) is 17.3 Å². The van der Waals surface area contributed by atoms with Gasteiger partial charge in [0.1, 0.15) is 5.82 Å². The molecule has 0 amide bonds. The van der Waals surface area contributed by atoms with Crippen LogP contribution < -0.4 is 5.73 Å². The number of anilines is 1. The lowest BCUT2D eigenvalue weighted by atomic mass is 10.2. The Kier molecular flexibility index (Phi) is 2.19. The van der Waals surface area contributed by atoms with Crippen molar-refractivity contribution in [1.82, 2.24) is 20.2 Å². The van der Waals surface area contributed by atoms with E-state index in [0.29, 0.717) is 10.8 Å². The minimum atomic E-state index is 0.393. The van der Waals surface area contributed by atoms with E-state index >= 15 is 0 Å². The minimum Gasteiger partial charge on any atom is -0.384 e. The third-order valence-corrected chi connectivity index (χ3v) is 2.75. The van der Waals surface area contributed by atoms with Crippen LogP contribution in [-0.4, -0.2) is 20.2 Å². The molecule has 3 aromatic heterocycles. The number of aromatic nitrogens is 4. The molecule has 0 bridgehead atoms. The molecule has 0 aliphatic heterocycles. The van der Waals surface area contributed by atoms with Crippen molar-refractivity contribution in [1.29, 1.82) is 0 Å². The van der Waals surface area contributed by atoms with Crippen molar-refractivity contribution in [2.75, 3.05) is 5.73 Å². The number of hydrogen-bond donors (Lipinski definition) is 2. The number of rotatable bonds is 1. The van der Waals surface area contributed by atoms with Gasteiger partial charge in [0.05, 0.1) is 21.9 Å². The SMILES string of the molecule is Nc1cc(Cl)c2cnc(-c3ccn[nH]3)cc2n1. The number of nitrogens with one attached hydrogen (secondary N) is 1. The lowest BCUT2D eigenvalue weighted by Crippen LogP contribution is -1.93. The first-order chi connectivity index (χ1) is 8.24. The lowest BCUT2D eigenvalue weighted by molar-refractivity contribution is 1.09. The van der Waals surface area contributed by atoms with Gasteiger partial charge < -0.3 is 5.73 Å². The molecular formula is C11H8ClN5. The maximum atomic E-state index is 6.06. The van der Waals surface area contributed by atoms with Gasteiger partial charge in [-0.3, -0.25) is 10.1 Å². The molecule has 0 radical (unpaired) electrons. The van der Waals surface area contributed by atoms with Crippen molar-refractivity contribution >= 4 is 28.3 Å². The van der Waals surface area contributed by atoms with Gasteiger partial charge in [-0.05, 0) is 18.2 Å². The van der Waals surface area contributed by atoms with Crippen LogP contribution in [0.2, 0.25) is 5.02 Å². The molecule has 5 nitrogen and oxygen atoms in total. The second-order valence-corrected chi connectivity index (χ2v) is 3.99. The molecule has 0 unspecified atom stereocenters. The molecule has 0 saturated carbocycles. The number of H-pyrrole nitrogens is 1. The topological polar surface area (TPSA) is 80.5 Å². The van der Waals surface area contributed by atoms with E-state index in [2.05, 4.69) is 20.2 Å². The normalized spacial score (nSPS) is 10.9. The summed E-state index contributed by atoms with van der Waals surface area (Å²) in [5, 5.41) is 8.05. The van der Waals surface area contributed by atoms with Crippen LogP contribution in [0.5, 0.6) is 0 Å². The van der Waals surface area contributed by atoms with Gasteiger partial charge in [0.2, 0.25) is 0 Å². The zero-order chi connectivity index (χ0) is 11.8. The summed E-state index contributed by atoms with van der Waals surface area (Å²) in [6, 6.07) is 5.27. The van der Waals surface area contributed by atoms with Gasteiger partial charge in [-0.2, -0.15) is 5.10 Å². The summed E-state index contributed by atoms with van der Waals surface area (Å²) in [7, 11) is 0. The highest BCUT2D eigenvalue weighted by Gasteiger charge is 2.06. The van der Waals surface area contributed by atoms with Crippen LogP contribution in [0.3, 0.4) is 0 Å². The molecular weight excluding hydrogens is 238 g/mol. The third-order valence-electron chi connectivity index (χ3n) is 2.44. The Morgan fingerprint density at radius 2 is 2.18 bits per heavy atom. The molecule has 6 heteroatoms. The van der Waals surface area contributed by atoms with Gasteiger partial charge in [-0.15, -0.1) is 0 Å². The Labute approximate surface area is 102 Å². The maximum Gasteiger partial charge on any atom is 0.125 e. The number of hydrogen-bond acceptors (Lipinski definition) is 4. The summed E-state index contributed by atoms with van der Waals surface area (Å²) in [5.74, 6) is 0.393. The fourth-order valence-electron chi connectivity index (χ4n) is 1.65. The molecule has 0 atom stereocenters. The molecule has 0 fully saturated rings. The van der Waals surface area contributed by atoms with Crippen molar-refractivity contribution in [2.45, 2.75) is 0 Å². The quantitative estimate of drug-likeness (QED) is 0.689. The number of nitrogens with zero attached hydrogens (tertiary/aromatic N) is 3. The first-order valence-electron chi connectivity index (χ1n) is 4.95. The van der Waals surface area contributed by atoms with Gasteiger partial charge in [-0.25, -0.2) is 4.98 Å². The van der Waals surface area contributed by atoms with Crippen LogP contribution in [0.15, 0.2) is 30.6 Å². The van der Waals surface area contributed by atoms with Crippen molar-refractivity contribution in [3.63, 3.8) is 0 Å². The van der Waals surface area contributed by atoms with E-state index in [1.165, 1.54) is 0 Å². The zero-order valence-corrected chi connectivity index (χ0v) is 9.44. The Hall–Kier alpha value is -2.14. The molecule has 0 saturated heterocycles. The van der Waals surface area contributed by atoms with E-state index in [1.807, 2.05) is 12.1 Å². The summed E-state index contributed by atoms with van der Waals surface area (Å²) < 4.78 is 0. The molecule has 3 aromatic rings. The molecule has 3 N–H and O–H groups in total. The second-order valence-electron chi connectivity index (χ2n) is 3.59. The first kappa shape index (κ1) is 10.0. The minimum absolute atomic E-state index is 0.393. The predicted molar refractivity (Wildman–Crippen MR) is 66.5 cm³/mol. The molecule has 3 heterocycles. The third kappa shape index (κ3) is 1.70. The van der Waals surface area contributed by atoms with E-state index in [1.54, 1.807) is 18.5 Å². The highest BCUT2D eigenvalue weighted by Crippen LogP contribution is 2.26. The molecule has 0 aromatic carbocycles. The zero-order valence-electron chi connectivity index (χ0n) is 8.68. The number of pyridine rings is 2. The highest BCUT2D eigenvalue weighted by atomic mass is 35.5. The number of aromatic amines is 1. The van der Waals surface area contributed by atoms with Gasteiger partial charge in [-0.1, -0.05) is 11.6 Å². The smallest absolute Gasteiger partial charge is 0.125 e. The van der Waals surface area contributed by atoms with Crippen LogP contribution >= 0.6 is 11.6 Å². The van der Waals surface area contributed by atoms with Gasteiger partial charge in [0.15, 0.2) is 0 Å². The number of nitrogen functional groups attached to an aromatic ring is 1. The van der Waals surface area contributed by atoms with Crippen LogP contribution in [0.4, 0.5) is 5.82 Å². The first-order valence-corrected chi connectivity index (χ1v) is 5.33. The summed E-state index contributed by atoms with van der Waals surface area (Å²) in [6.45, 7) is 0. The summed E-state index contributed by atoms with van der Waals surface area (Å²) in [4.78, 5) is 8.53. The number of halogens is 1. The fourth-order valence-corrected chi connectivity index (χ4v) is 1.90. The molecule has 0 aliphatic carbocycles. The summed E-state index contributed by atoms with van der Waals surface area (Å²) in [6.07, 6.45) is 3.35. The van der Waals surface area contributed by atoms with Crippen LogP contribution in [0.1, 0.15) is 0 Å². The van der Waals surface area contributed by atoms with Crippen LogP contribution in [-0.2, 0) is 0 Å². The second kappa shape index (κ2) is 3.71. The van der Waals surface area contributed by atoms with Crippen molar-refractivity contribution in [2.24, 2.45) is 0 Å². The van der Waals surface area contributed by atoms with E-state index < -0.39 is 0 Å². The Balaban J connectivity index is 2.26. The number of nitrogens with two attached hydrogens (primary N) is 1. The Bertz CT molecular complexity index is 678. The predicted octanol–water partition coefficient (Wildman–Crippen LogP) is 2.26. The average Bonchev–Trinajstić information content (AvgIpc) is 2.81. The molecule has 3 rings (SSSR count). The Morgan fingerprint density at radius 1 is 1.29 bits per heavy atom. The van der Waals surface area contributed by atoms with Gasteiger partial charge >= 0.3 is 0 Å². The van der Waals surface area contributed by atoms with Crippen molar-refractivity contribution in [3.05, 3.63) is 35.6 Å². The number of fused-ring (bicyclic) bond motifs is 1. The van der Waals surface area contributed by atoms with Gasteiger partial charge in [0, 0.05) is 17.8 Å². The van der Waals surface area contributed by atoms with E-state index in [9.17, 15) is 0 Å². The largest absolute Gasteiger partial charge is 0.384 e. The lowest BCUT2D eigenvalue weighted by Gasteiger charge is -2.03. The molecule has 0 aliphatic rings. The molecule has 0 spiro atoms. The molecule has 84 valence electrons. The Morgan fingerprint density at radius 3 is 2.94 bits per heavy atom. The summed E-state index contributed by atoms with van der Waals surface area (Å²) >= 11 is 6.06. The van der Waals surface area contributed by atoms with Crippen molar-refractivity contribution < 1.29 is 0 Å². The van der Waals surface area contributed by atoms with Crippen molar-refractivity contribution in [3.8, 4) is 11.4 Å². The van der Waals surface area contributed by atoms with E-state index in [0.717, 1.165) is 22.3 Å².